The molecule has 0 saturated carbocycles. The van der Waals surface area contributed by atoms with E-state index in [2.05, 4.69) is 31.9 Å². The number of amides is 2. The molecule has 146 valence electrons. The second-order valence-electron chi connectivity index (χ2n) is 5.73. The van der Waals surface area contributed by atoms with E-state index in [0.29, 0.717) is 31.7 Å². The SMILES string of the molecule is CCOc1cc(/C=C2\SC(=O)N(Cc3ccccc3Cl)C2=O)c(Br)c(Br)c1O. The normalized spacial score (nSPS) is 15.6. The lowest BCUT2D eigenvalue weighted by atomic mass is 10.1. The highest BCUT2D eigenvalue weighted by atomic mass is 79.9. The number of benzene rings is 2. The molecule has 0 spiro atoms. The zero-order valence-corrected chi connectivity index (χ0v) is 19.3. The Morgan fingerprint density at radius 3 is 2.64 bits per heavy atom. The first-order valence-corrected chi connectivity index (χ1v) is 10.9. The minimum atomic E-state index is -0.399. The molecule has 1 aliphatic heterocycles. The Kier molecular flexibility index (Phi) is 6.75. The topological polar surface area (TPSA) is 66.8 Å². The number of imide groups is 1. The smallest absolute Gasteiger partial charge is 0.293 e. The molecule has 0 bridgehead atoms. The largest absolute Gasteiger partial charge is 0.503 e. The van der Waals surface area contributed by atoms with Gasteiger partial charge in [-0.05, 0) is 79.9 Å². The van der Waals surface area contributed by atoms with E-state index < -0.39 is 5.91 Å². The van der Waals surface area contributed by atoms with Gasteiger partial charge in [-0.2, -0.15) is 0 Å². The first-order chi connectivity index (χ1) is 13.3. The number of carbonyl (C=O) groups excluding carboxylic acids is 2. The fourth-order valence-corrected chi connectivity index (χ4v) is 4.42. The van der Waals surface area contributed by atoms with Gasteiger partial charge in [0.25, 0.3) is 11.1 Å². The predicted molar refractivity (Wildman–Crippen MR) is 118 cm³/mol. The van der Waals surface area contributed by atoms with Gasteiger partial charge in [-0.25, -0.2) is 0 Å². The number of phenols is 1. The van der Waals surface area contributed by atoms with Crippen molar-refractivity contribution in [1.29, 1.82) is 0 Å². The maximum absolute atomic E-state index is 12.8. The van der Waals surface area contributed by atoms with Gasteiger partial charge in [0.15, 0.2) is 11.5 Å². The Hall–Kier alpha value is -1.48. The summed E-state index contributed by atoms with van der Waals surface area (Å²) in [5.74, 6) is -0.166. The quantitative estimate of drug-likeness (QED) is 0.451. The summed E-state index contributed by atoms with van der Waals surface area (Å²) in [6, 6.07) is 8.69. The Labute approximate surface area is 187 Å². The lowest BCUT2D eigenvalue weighted by molar-refractivity contribution is -0.123. The van der Waals surface area contributed by atoms with Crippen molar-refractivity contribution in [3.05, 3.63) is 60.3 Å². The summed E-state index contributed by atoms with van der Waals surface area (Å²) in [5, 5.41) is 10.3. The Bertz CT molecular complexity index is 996. The van der Waals surface area contributed by atoms with E-state index in [-0.39, 0.29) is 28.2 Å². The summed E-state index contributed by atoms with van der Waals surface area (Å²) in [4.78, 5) is 26.6. The second-order valence-corrected chi connectivity index (χ2v) is 8.72. The van der Waals surface area contributed by atoms with E-state index in [4.69, 9.17) is 16.3 Å². The molecular weight excluding hydrogens is 534 g/mol. The Morgan fingerprint density at radius 1 is 1.25 bits per heavy atom. The zero-order valence-electron chi connectivity index (χ0n) is 14.5. The average Bonchev–Trinajstić information content (AvgIpc) is 2.93. The molecule has 28 heavy (non-hydrogen) atoms. The summed E-state index contributed by atoms with van der Waals surface area (Å²) in [6.07, 6.45) is 1.59. The van der Waals surface area contributed by atoms with E-state index in [1.54, 1.807) is 43.3 Å². The number of rotatable bonds is 5. The van der Waals surface area contributed by atoms with Crippen molar-refractivity contribution in [3.8, 4) is 11.5 Å². The number of thioether (sulfide) groups is 1. The van der Waals surface area contributed by atoms with Crippen LogP contribution in [0.3, 0.4) is 0 Å². The summed E-state index contributed by atoms with van der Waals surface area (Å²) in [6.45, 7) is 2.27. The average molecular weight is 548 g/mol. The van der Waals surface area contributed by atoms with Gasteiger partial charge in [0, 0.05) is 9.50 Å². The van der Waals surface area contributed by atoms with E-state index in [9.17, 15) is 14.7 Å². The van der Waals surface area contributed by atoms with Gasteiger partial charge >= 0.3 is 0 Å². The maximum Gasteiger partial charge on any atom is 0.293 e. The van der Waals surface area contributed by atoms with Gasteiger partial charge in [0.1, 0.15) is 0 Å². The van der Waals surface area contributed by atoms with Crippen LogP contribution in [-0.2, 0) is 11.3 Å². The zero-order chi connectivity index (χ0) is 20.4. The van der Waals surface area contributed by atoms with Gasteiger partial charge in [0.2, 0.25) is 0 Å². The number of carbonyl (C=O) groups is 2. The minimum Gasteiger partial charge on any atom is -0.503 e. The fourth-order valence-electron chi connectivity index (χ4n) is 2.56. The van der Waals surface area contributed by atoms with Crippen LogP contribution in [0.25, 0.3) is 6.08 Å². The van der Waals surface area contributed by atoms with Gasteiger partial charge in [0.05, 0.1) is 22.5 Å². The van der Waals surface area contributed by atoms with Gasteiger partial charge in [-0.15, -0.1) is 0 Å². The molecule has 2 aromatic rings. The molecule has 0 aromatic heterocycles. The molecule has 0 radical (unpaired) electrons. The molecule has 0 aliphatic carbocycles. The van der Waals surface area contributed by atoms with Crippen LogP contribution in [0.1, 0.15) is 18.1 Å². The van der Waals surface area contributed by atoms with E-state index in [1.165, 1.54) is 0 Å². The van der Waals surface area contributed by atoms with Crippen molar-refractivity contribution in [3.63, 3.8) is 0 Å². The number of aromatic hydroxyl groups is 1. The lowest BCUT2D eigenvalue weighted by Gasteiger charge is -2.13. The van der Waals surface area contributed by atoms with E-state index >= 15 is 0 Å². The minimum absolute atomic E-state index is 0.0438. The van der Waals surface area contributed by atoms with Crippen LogP contribution in [0.2, 0.25) is 5.02 Å². The van der Waals surface area contributed by atoms with Gasteiger partial charge in [-0.3, -0.25) is 14.5 Å². The van der Waals surface area contributed by atoms with Crippen molar-refractivity contribution in [2.75, 3.05) is 6.61 Å². The molecule has 1 saturated heterocycles. The van der Waals surface area contributed by atoms with Crippen LogP contribution in [-0.4, -0.2) is 27.8 Å². The number of nitrogens with zero attached hydrogens (tertiary/aromatic N) is 1. The first-order valence-electron chi connectivity index (χ1n) is 8.16. The third kappa shape index (κ3) is 4.25. The highest BCUT2D eigenvalue weighted by Gasteiger charge is 2.35. The number of hydrogen-bond donors (Lipinski definition) is 1. The molecule has 1 N–H and O–H groups in total. The van der Waals surface area contributed by atoms with Gasteiger partial charge in [-0.1, -0.05) is 29.8 Å². The lowest BCUT2D eigenvalue weighted by Crippen LogP contribution is -2.27. The van der Waals surface area contributed by atoms with Crippen molar-refractivity contribution >= 4 is 72.4 Å². The molecule has 3 rings (SSSR count). The van der Waals surface area contributed by atoms with Crippen LogP contribution in [0, 0.1) is 0 Å². The van der Waals surface area contributed by atoms with Crippen LogP contribution in [0.5, 0.6) is 11.5 Å². The number of hydrogen-bond acceptors (Lipinski definition) is 5. The molecule has 2 amide bonds. The maximum atomic E-state index is 12.8. The molecule has 1 heterocycles. The van der Waals surface area contributed by atoms with Crippen LogP contribution >= 0.6 is 55.2 Å². The van der Waals surface area contributed by atoms with E-state index in [0.717, 1.165) is 16.7 Å². The highest BCUT2D eigenvalue weighted by Crippen LogP contribution is 2.44. The van der Waals surface area contributed by atoms with Crippen molar-refractivity contribution in [1.82, 2.24) is 4.90 Å². The van der Waals surface area contributed by atoms with Crippen molar-refractivity contribution in [2.45, 2.75) is 13.5 Å². The number of phenolic OH excluding ortho intramolecular Hbond substituents is 1. The second kappa shape index (κ2) is 8.90. The molecule has 5 nitrogen and oxygen atoms in total. The predicted octanol–water partition coefficient (Wildman–Crippen LogP) is 6.21. The standard InChI is InChI=1S/C19H14Br2ClNO4S/c1-2-27-13-7-11(15(20)16(21)17(13)24)8-14-18(25)23(19(26)28-14)9-10-5-3-4-6-12(10)22/h3-8,24H,2,9H2,1H3/b14-8-. The number of halogens is 3. The third-order valence-electron chi connectivity index (χ3n) is 3.92. The molecule has 1 aliphatic rings. The molecule has 0 atom stereocenters. The molecule has 2 aromatic carbocycles. The van der Waals surface area contributed by atoms with Crippen molar-refractivity contribution < 1.29 is 19.4 Å². The summed E-state index contributed by atoms with van der Waals surface area (Å²) in [5.41, 5.74) is 1.29. The van der Waals surface area contributed by atoms with Crippen LogP contribution < -0.4 is 4.74 Å². The van der Waals surface area contributed by atoms with E-state index in [1.807, 2.05) is 0 Å². The highest BCUT2D eigenvalue weighted by molar-refractivity contribution is 9.13. The van der Waals surface area contributed by atoms with Gasteiger partial charge < -0.3 is 9.84 Å². The number of ether oxygens (including phenoxy) is 1. The van der Waals surface area contributed by atoms with Crippen LogP contribution in [0.4, 0.5) is 4.79 Å². The van der Waals surface area contributed by atoms with Crippen LogP contribution in [0.15, 0.2) is 44.2 Å². The molecule has 0 unspecified atom stereocenters. The summed E-state index contributed by atoms with van der Waals surface area (Å²) in [7, 11) is 0. The molecule has 1 fully saturated rings. The summed E-state index contributed by atoms with van der Waals surface area (Å²) >= 11 is 13.7. The third-order valence-corrected chi connectivity index (χ3v) is 7.35. The van der Waals surface area contributed by atoms with Crippen molar-refractivity contribution in [2.24, 2.45) is 0 Å². The summed E-state index contributed by atoms with van der Waals surface area (Å²) < 4.78 is 6.38. The molecular formula is C19H14Br2ClNO4S. The Balaban J connectivity index is 1.93. The Morgan fingerprint density at radius 2 is 1.96 bits per heavy atom. The first kappa shape index (κ1) is 21.2. The fraction of sp³-hybridized carbons (Fsp3) is 0.158. The molecule has 9 heteroatoms. The monoisotopic (exact) mass is 545 g/mol.